The van der Waals surface area contributed by atoms with Gasteiger partial charge in [0.15, 0.2) is 0 Å². The lowest BCUT2D eigenvalue weighted by Gasteiger charge is -2.27. The van der Waals surface area contributed by atoms with Gasteiger partial charge in [0.2, 0.25) is 0 Å². The van der Waals surface area contributed by atoms with E-state index in [1.54, 1.807) is 7.11 Å². The molecular weight excluding hydrogens is 158 g/mol. The molecule has 1 aliphatic rings. The smallest absolute Gasteiger partial charge is 0.322 e. The van der Waals surface area contributed by atoms with Gasteiger partial charge in [0.25, 0.3) is 0 Å². The number of esters is 1. The number of carbonyl (C=O) groups is 1. The summed E-state index contributed by atoms with van der Waals surface area (Å²) in [4.78, 5) is 11.1. The van der Waals surface area contributed by atoms with Gasteiger partial charge in [0.05, 0.1) is 13.2 Å². The molecule has 2 atom stereocenters. The predicted molar refractivity (Wildman–Crippen MR) is 43.8 cm³/mol. The minimum absolute atomic E-state index is 0.186. The van der Waals surface area contributed by atoms with Crippen LogP contribution in [-0.4, -0.2) is 38.9 Å². The quantitative estimate of drug-likeness (QED) is 0.594. The Morgan fingerprint density at radius 3 is 2.83 bits per heavy atom. The molecule has 4 nitrogen and oxygen atoms in total. The number of carbonyl (C=O) groups excluding carboxylic acids is 1. The van der Waals surface area contributed by atoms with Crippen molar-refractivity contribution in [3.05, 3.63) is 0 Å². The molecule has 1 rings (SSSR count). The summed E-state index contributed by atoms with van der Waals surface area (Å²) >= 11 is 0. The van der Waals surface area contributed by atoms with Gasteiger partial charge in [0, 0.05) is 7.11 Å². The highest BCUT2D eigenvalue weighted by molar-refractivity contribution is 5.75. The number of hydrogen-bond donors (Lipinski definition) is 1. The summed E-state index contributed by atoms with van der Waals surface area (Å²) in [5.74, 6) is -0.197. The second kappa shape index (κ2) is 4.42. The van der Waals surface area contributed by atoms with E-state index >= 15 is 0 Å². The molecule has 12 heavy (non-hydrogen) atoms. The summed E-state index contributed by atoms with van der Waals surface area (Å²) < 4.78 is 9.79. The van der Waals surface area contributed by atoms with Gasteiger partial charge in [-0.15, -0.1) is 0 Å². The molecule has 0 spiro atoms. The van der Waals surface area contributed by atoms with Gasteiger partial charge in [-0.05, 0) is 19.4 Å². The summed E-state index contributed by atoms with van der Waals surface area (Å²) in [6.07, 6.45) is 1.86. The van der Waals surface area contributed by atoms with Crippen LogP contribution in [0.1, 0.15) is 12.8 Å². The lowest BCUT2D eigenvalue weighted by molar-refractivity contribution is -0.145. The zero-order chi connectivity index (χ0) is 8.97. The van der Waals surface area contributed by atoms with Crippen molar-refractivity contribution in [3.8, 4) is 0 Å². The third-order valence-electron chi connectivity index (χ3n) is 2.17. The molecule has 0 aromatic carbocycles. The molecule has 1 fully saturated rings. The standard InChI is InChI=1S/C8H15NO3/c1-11-6-3-4-9-7(5-6)8(10)12-2/h6-7,9H,3-5H2,1-2H3/t6-,7+/m1/s1. The molecule has 0 aliphatic carbocycles. The molecule has 1 saturated heterocycles. The average Bonchev–Trinajstić information content (AvgIpc) is 2.17. The highest BCUT2D eigenvalue weighted by atomic mass is 16.5. The first-order valence-corrected chi connectivity index (χ1v) is 4.12. The van der Waals surface area contributed by atoms with Crippen molar-refractivity contribution in [1.29, 1.82) is 0 Å². The van der Waals surface area contributed by atoms with Gasteiger partial charge in [0.1, 0.15) is 6.04 Å². The number of rotatable bonds is 2. The minimum Gasteiger partial charge on any atom is -0.468 e. The normalized spacial score (nSPS) is 29.8. The van der Waals surface area contributed by atoms with E-state index in [-0.39, 0.29) is 18.1 Å². The van der Waals surface area contributed by atoms with Crippen LogP contribution >= 0.6 is 0 Å². The molecule has 70 valence electrons. The van der Waals surface area contributed by atoms with Crippen molar-refractivity contribution in [3.63, 3.8) is 0 Å². The first kappa shape index (κ1) is 9.48. The summed E-state index contributed by atoms with van der Waals surface area (Å²) in [5, 5.41) is 3.08. The van der Waals surface area contributed by atoms with Crippen molar-refractivity contribution >= 4 is 5.97 Å². The molecule has 4 heteroatoms. The van der Waals surface area contributed by atoms with Crippen molar-refractivity contribution < 1.29 is 14.3 Å². The Morgan fingerprint density at radius 2 is 2.25 bits per heavy atom. The molecule has 0 aromatic rings. The lowest BCUT2D eigenvalue weighted by Crippen LogP contribution is -2.46. The average molecular weight is 173 g/mol. The van der Waals surface area contributed by atoms with Crippen LogP contribution in [0.2, 0.25) is 0 Å². The van der Waals surface area contributed by atoms with Gasteiger partial charge in [-0.25, -0.2) is 0 Å². The molecular formula is C8H15NO3. The summed E-state index contributed by atoms with van der Waals surface area (Å²) in [5.41, 5.74) is 0. The Balaban J connectivity index is 2.40. The van der Waals surface area contributed by atoms with E-state index < -0.39 is 0 Å². The second-order valence-electron chi connectivity index (χ2n) is 2.91. The van der Waals surface area contributed by atoms with Crippen molar-refractivity contribution in [1.82, 2.24) is 5.32 Å². The van der Waals surface area contributed by atoms with Crippen LogP contribution in [0, 0.1) is 0 Å². The maximum absolute atomic E-state index is 11.1. The van der Waals surface area contributed by atoms with Crippen molar-refractivity contribution in [2.24, 2.45) is 0 Å². The first-order chi connectivity index (χ1) is 5.77. The molecule has 1 N–H and O–H groups in total. The fourth-order valence-electron chi connectivity index (χ4n) is 1.42. The van der Waals surface area contributed by atoms with E-state index in [4.69, 9.17) is 4.74 Å². The highest BCUT2D eigenvalue weighted by Crippen LogP contribution is 2.12. The largest absolute Gasteiger partial charge is 0.468 e. The fourth-order valence-corrected chi connectivity index (χ4v) is 1.42. The predicted octanol–water partition coefficient (Wildman–Crippen LogP) is -0.0736. The van der Waals surface area contributed by atoms with Crippen LogP contribution in [0.25, 0.3) is 0 Å². The van der Waals surface area contributed by atoms with Crippen LogP contribution in [-0.2, 0) is 14.3 Å². The van der Waals surface area contributed by atoms with Gasteiger partial charge in [-0.3, -0.25) is 4.79 Å². The summed E-state index contributed by atoms with van der Waals surface area (Å²) in [6, 6.07) is -0.186. The number of hydrogen-bond acceptors (Lipinski definition) is 4. The Morgan fingerprint density at radius 1 is 1.50 bits per heavy atom. The molecule has 1 heterocycles. The number of methoxy groups -OCH3 is 2. The number of piperidine rings is 1. The molecule has 0 bridgehead atoms. The Hall–Kier alpha value is -0.610. The second-order valence-corrected chi connectivity index (χ2v) is 2.91. The van der Waals surface area contributed by atoms with E-state index in [0.29, 0.717) is 6.42 Å². The third-order valence-corrected chi connectivity index (χ3v) is 2.17. The first-order valence-electron chi connectivity index (χ1n) is 4.12. The highest BCUT2D eigenvalue weighted by Gasteiger charge is 2.26. The monoisotopic (exact) mass is 173 g/mol. The maximum atomic E-state index is 11.1. The third kappa shape index (κ3) is 2.19. The number of ether oxygens (including phenoxy) is 2. The van der Waals surface area contributed by atoms with Crippen LogP contribution in [0.5, 0.6) is 0 Å². The zero-order valence-corrected chi connectivity index (χ0v) is 7.50. The van der Waals surface area contributed by atoms with E-state index in [0.717, 1.165) is 13.0 Å². The van der Waals surface area contributed by atoms with Crippen LogP contribution in [0.15, 0.2) is 0 Å². The molecule has 0 saturated carbocycles. The maximum Gasteiger partial charge on any atom is 0.322 e. The minimum atomic E-state index is -0.197. The Bertz CT molecular complexity index is 160. The summed E-state index contributed by atoms with van der Waals surface area (Å²) in [6.45, 7) is 0.818. The van der Waals surface area contributed by atoms with Gasteiger partial charge in [-0.2, -0.15) is 0 Å². The van der Waals surface area contributed by atoms with Crippen molar-refractivity contribution in [2.45, 2.75) is 25.0 Å². The van der Waals surface area contributed by atoms with Gasteiger partial charge < -0.3 is 14.8 Å². The van der Waals surface area contributed by atoms with E-state index in [1.807, 2.05) is 0 Å². The van der Waals surface area contributed by atoms with E-state index in [1.165, 1.54) is 7.11 Å². The van der Waals surface area contributed by atoms with E-state index in [2.05, 4.69) is 10.1 Å². The molecule has 1 aliphatic heterocycles. The zero-order valence-electron chi connectivity index (χ0n) is 7.50. The van der Waals surface area contributed by atoms with Crippen LogP contribution in [0.4, 0.5) is 0 Å². The topological polar surface area (TPSA) is 47.6 Å². The molecule has 0 amide bonds. The SMILES string of the molecule is COC(=O)[C@@H]1C[C@H](OC)CCN1. The van der Waals surface area contributed by atoms with Gasteiger partial charge in [-0.1, -0.05) is 0 Å². The van der Waals surface area contributed by atoms with Crippen LogP contribution in [0.3, 0.4) is 0 Å². The van der Waals surface area contributed by atoms with Gasteiger partial charge >= 0.3 is 5.97 Å². The van der Waals surface area contributed by atoms with Crippen molar-refractivity contribution in [2.75, 3.05) is 20.8 Å². The van der Waals surface area contributed by atoms with Crippen LogP contribution < -0.4 is 5.32 Å². The number of nitrogens with one attached hydrogen (secondary N) is 1. The van der Waals surface area contributed by atoms with E-state index in [9.17, 15) is 4.79 Å². The Labute approximate surface area is 72.2 Å². The fraction of sp³-hybridized carbons (Fsp3) is 0.875. The Kier molecular flexibility index (Phi) is 3.49. The molecule has 0 aromatic heterocycles. The molecule has 0 unspecified atom stereocenters. The lowest BCUT2D eigenvalue weighted by atomic mass is 10.0. The summed E-state index contributed by atoms with van der Waals surface area (Å²) in [7, 11) is 3.07. The molecule has 0 radical (unpaired) electrons.